The van der Waals surface area contributed by atoms with Crippen LogP contribution in [0.4, 0.5) is 5.69 Å². The molecule has 0 unspecified atom stereocenters. The van der Waals surface area contributed by atoms with Gasteiger partial charge in [0, 0.05) is 30.4 Å². The van der Waals surface area contributed by atoms with Gasteiger partial charge < -0.3 is 10.2 Å². The zero-order valence-corrected chi connectivity index (χ0v) is 14.4. The fraction of sp³-hybridized carbons (Fsp3) is 0.684. The molecule has 0 spiro atoms. The van der Waals surface area contributed by atoms with E-state index < -0.39 is 0 Å². The van der Waals surface area contributed by atoms with E-state index >= 15 is 0 Å². The molecule has 0 amide bonds. The van der Waals surface area contributed by atoms with Gasteiger partial charge in [-0.3, -0.25) is 0 Å². The summed E-state index contributed by atoms with van der Waals surface area (Å²) in [5.41, 5.74) is 1.96. The van der Waals surface area contributed by atoms with Crippen LogP contribution in [0.2, 0.25) is 0 Å². The summed E-state index contributed by atoms with van der Waals surface area (Å²) in [5.74, 6) is 0. The maximum atomic E-state index is 3.90. The predicted molar refractivity (Wildman–Crippen MR) is 93.0 cm³/mol. The second-order valence-electron chi connectivity index (χ2n) is 8.36. The summed E-state index contributed by atoms with van der Waals surface area (Å²) in [5, 5.41) is 3.90. The van der Waals surface area contributed by atoms with Crippen molar-refractivity contribution in [1.82, 2.24) is 5.32 Å². The Kier molecular flexibility index (Phi) is 4.98. The summed E-state index contributed by atoms with van der Waals surface area (Å²) in [6.07, 6.45) is 3.68. The molecule has 2 nitrogen and oxygen atoms in total. The topological polar surface area (TPSA) is 15.3 Å². The number of nitrogens with one attached hydrogen (secondary N) is 1. The molecular formula is C19H32N2. The van der Waals surface area contributed by atoms with Crippen molar-refractivity contribution >= 4 is 5.69 Å². The monoisotopic (exact) mass is 288 g/mol. The zero-order chi connectivity index (χ0) is 15.5. The first-order valence-electron chi connectivity index (χ1n) is 8.33. The Morgan fingerprint density at radius 1 is 1.00 bits per heavy atom. The van der Waals surface area contributed by atoms with Gasteiger partial charge in [-0.15, -0.1) is 0 Å². The summed E-state index contributed by atoms with van der Waals surface area (Å²) in [6.45, 7) is 14.0. The first-order valence-corrected chi connectivity index (χ1v) is 8.33. The van der Waals surface area contributed by atoms with E-state index in [1.54, 1.807) is 0 Å². The van der Waals surface area contributed by atoms with Crippen molar-refractivity contribution in [1.29, 1.82) is 0 Å². The highest BCUT2D eigenvalue weighted by Gasteiger charge is 2.29. The molecule has 1 heterocycles. The van der Waals surface area contributed by atoms with Crippen LogP contribution in [0.1, 0.15) is 53.9 Å². The van der Waals surface area contributed by atoms with E-state index in [-0.39, 0.29) is 5.54 Å². The lowest BCUT2D eigenvalue weighted by Crippen LogP contribution is -2.52. The maximum Gasteiger partial charge on any atom is 0.0366 e. The number of piperidine rings is 1. The van der Waals surface area contributed by atoms with E-state index in [4.69, 9.17) is 0 Å². The van der Waals surface area contributed by atoms with Gasteiger partial charge in [-0.1, -0.05) is 39.0 Å². The minimum Gasteiger partial charge on any atom is -0.371 e. The van der Waals surface area contributed by atoms with E-state index in [1.165, 1.54) is 24.9 Å². The van der Waals surface area contributed by atoms with Gasteiger partial charge >= 0.3 is 0 Å². The van der Waals surface area contributed by atoms with Crippen LogP contribution in [0.5, 0.6) is 0 Å². The highest BCUT2D eigenvalue weighted by molar-refractivity contribution is 5.46. The Hall–Kier alpha value is -1.02. The molecule has 1 N–H and O–H groups in total. The maximum absolute atomic E-state index is 3.90. The van der Waals surface area contributed by atoms with Gasteiger partial charge in [0.25, 0.3) is 0 Å². The summed E-state index contributed by atoms with van der Waals surface area (Å²) in [6, 6.07) is 11.4. The van der Waals surface area contributed by atoms with Crippen molar-refractivity contribution in [2.24, 2.45) is 5.41 Å². The van der Waals surface area contributed by atoms with Crippen LogP contribution in [-0.2, 0) is 0 Å². The zero-order valence-electron chi connectivity index (χ0n) is 14.4. The normalized spacial score (nSPS) is 18.0. The van der Waals surface area contributed by atoms with E-state index in [9.17, 15) is 0 Å². The van der Waals surface area contributed by atoms with Crippen molar-refractivity contribution in [2.75, 3.05) is 18.0 Å². The second-order valence-corrected chi connectivity index (χ2v) is 8.36. The standard InChI is InChI=1S/C19H32N2/c1-18(2,3)15-19(4,5)20-16-11-13-21(14-12-16)17-9-7-6-8-10-17/h6-10,16,20H,11-15H2,1-5H3. The quantitative estimate of drug-likeness (QED) is 0.880. The molecule has 1 aliphatic heterocycles. The Labute approximate surface area is 130 Å². The molecule has 2 heteroatoms. The molecule has 1 saturated heterocycles. The number of para-hydroxylation sites is 1. The summed E-state index contributed by atoms with van der Waals surface area (Å²) >= 11 is 0. The van der Waals surface area contributed by atoms with E-state index in [0.29, 0.717) is 11.5 Å². The van der Waals surface area contributed by atoms with Crippen LogP contribution in [0, 0.1) is 5.41 Å². The summed E-state index contributed by atoms with van der Waals surface area (Å²) < 4.78 is 0. The van der Waals surface area contributed by atoms with Gasteiger partial charge in [0.15, 0.2) is 0 Å². The van der Waals surface area contributed by atoms with Crippen LogP contribution in [0.3, 0.4) is 0 Å². The van der Waals surface area contributed by atoms with Gasteiger partial charge in [0.2, 0.25) is 0 Å². The fourth-order valence-corrected chi connectivity index (χ4v) is 3.85. The molecule has 0 aromatic heterocycles. The highest BCUT2D eigenvalue weighted by atomic mass is 15.2. The molecule has 0 saturated carbocycles. The van der Waals surface area contributed by atoms with Crippen LogP contribution in [-0.4, -0.2) is 24.7 Å². The molecule has 1 aliphatic rings. The van der Waals surface area contributed by atoms with E-state index in [0.717, 1.165) is 13.1 Å². The first-order chi connectivity index (χ1) is 9.75. The SMILES string of the molecule is CC(C)(C)CC(C)(C)NC1CCN(c2ccccc2)CC1. The lowest BCUT2D eigenvalue weighted by Gasteiger charge is -2.40. The Morgan fingerprint density at radius 3 is 2.10 bits per heavy atom. The Balaban J connectivity index is 1.84. The highest BCUT2D eigenvalue weighted by Crippen LogP contribution is 2.28. The molecule has 21 heavy (non-hydrogen) atoms. The fourth-order valence-electron chi connectivity index (χ4n) is 3.85. The molecule has 0 aliphatic carbocycles. The smallest absolute Gasteiger partial charge is 0.0366 e. The first kappa shape index (κ1) is 16.4. The molecular weight excluding hydrogens is 256 g/mol. The molecule has 2 rings (SSSR count). The number of hydrogen-bond donors (Lipinski definition) is 1. The number of nitrogens with zero attached hydrogens (tertiary/aromatic N) is 1. The third kappa shape index (κ3) is 5.35. The van der Waals surface area contributed by atoms with Gasteiger partial charge in [-0.25, -0.2) is 0 Å². The third-order valence-corrected chi connectivity index (χ3v) is 4.18. The predicted octanol–water partition coefficient (Wildman–Crippen LogP) is 4.46. The van der Waals surface area contributed by atoms with Gasteiger partial charge in [0.1, 0.15) is 0 Å². The van der Waals surface area contributed by atoms with Crippen LogP contribution in [0.25, 0.3) is 0 Å². The molecule has 0 bridgehead atoms. The second kappa shape index (κ2) is 6.39. The number of hydrogen-bond acceptors (Lipinski definition) is 2. The number of anilines is 1. The van der Waals surface area contributed by atoms with Gasteiger partial charge in [0.05, 0.1) is 0 Å². The lowest BCUT2D eigenvalue weighted by molar-refractivity contribution is 0.211. The molecule has 118 valence electrons. The van der Waals surface area contributed by atoms with Crippen LogP contribution in [0.15, 0.2) is 30.3 Å². The van der Waals surface area contributed by atoms with Crippen molar-refractivity contribution in [2.45, 2.75) is 65.5 Å². The molecule has 0 atom stereocenters. The van der Waals surface area contributed by atoms with Crippen molar-refractivity contribution in [3.63, 3.8) is 0 Å². The largest absolute Gasteiger partial charge is 0.371 e. The molecule has 0 radical (unpaired) electrons. The number of benzene rings is 1. The minimum atomic E-state index is 0.220. The molecule has 1 fully saturated rings. The van der Waals surface area contributed by atoms with Crippen molar-refractivity contribution in [3.05, 3.63) is 30.3 Å². The van der Waals surface area contributed by atoms with Crippen LogP contribution >= 0.6 is 0 Å². The van der Waals surface area contributed by atoms with Crippen LogP contribution < -0.4 is 10.2 Å². The molecule has 1 aromatic carbocycles. The average Bonchev–Trinajstić information content (AvgIpc) is 2.37. The Morgan fingerprint density at radius 2 is 1.57 bits per heavy atom. The average molecular weight is 288 g/mol. The summed E-state index contributed by atoms with van der Waals surface area (Å²) in [4.78, 5) is 2.51. The Bertz CT molecular complexity index is 423. The third-order valence-electron chi connectivity index (χ3n) is 4.18. The number of rotatable bonds is 4. The van der Waals surface area contributed by atoms with Crippen molar-refractivity contribution in [3.8, 4) is 0 Å². The summed E-state index contributed by atoms with van der Waals surface area (Å²) in [7, 11) is 0. The van der Waals surface area contributed by atoms with E-state index in [1.807, 2.05) is 0 Å². The van der Waals surface area contributed by atoms with Gasteiger partial charge in [-0.2, -0.15) is 0 Å². The van der Waals surface area contributed by atoms with E-state index in [2.05, 4.69) is 75.2 Å². The van der Waals surface area contributed by atoms with Crippen molar-refractivity contribution < 1.29 is 0 Å². The lowest BCUT2D eigenvalue weighted by atomic mass is 9.81. The van der Waals surface area contributed by atoms with Gasteiger partial charge in [-0.05, 0) is 50.7 Å². The molecule has 1 aromatic rings. The minimum absolute atomic E-state index is 0.220.